The number of ether oxygens (including phenoxy) is 1. The van der Waals surface area contributed by atoms with Gasteiger partial charge in [0.2, 0.25) is 0 Å². The van der Waals surface area contributed by atoms with Crippen LogP contribution in [0.3, 0.4) is 0 Å². The number of hydrogen-bond acceptors (Lipinski definition) is 3. The molecule has 2 N–H and O–H groups in total. The monoisotopic (exact) mass is 130 g/mol. The molecule has 0 unspecified atom stereocenters. The fraction of sp³-hybridized carbons (Fsp3) is 1.00. The first kappa shape index (κ1) is 6.99. The Labute approximate surface area is 55.8 Å². The van der Waals surface area contributed by atoms with Crippen molar-refractivity contribution in [3.05, 3.63) is 0 Å². The van der Waals surface area contributed by atoms with Crippen LogP contribution in [-0.4, -0.2) is 44.3 Å². The number of rotatable bonds is 3. The van der Waals surface area contributed by atoms with Crippen molar-refractivity contribution in [2.45, 2.75) is 6.04 Å². The molecule has 1 aliphatic rings. The summed E-state index contributed by atoms with van der Waals surface area (Å²) in [5, 5.41) is 0. The van der Waals surface area contributed by atoms with Gasteiger partial charge in [-0.25, -0.2) is 0 Å². The van der Waals surface area contributed by atoms with Gasteiger partial charge in [0.1, 0.15) is 0 Å². The van der Waals surface area contributed by atoms with E-state index in [2.05, 4.69) is 11.9 Å². The first-order valence-electron chi connectivity index (χ1n) is 3.32. The number of likely N-dealkylation sites (N-methyl/N-ethyl adjacent to an activating group) is 1. The second kappa shape index (κ2) is 3.15. The summed E-state index contributed by atoms with van der Waals surface area (Å²) in [6, 6.07) is 0.633. The summed E-state index contributed by atoms with van der Waals surface area (Å²) in [7, 11) is 2.08. The van der Waals surface area contributed by atoms with Crippen molar-refractivity contribution in [3.63, 3.8) is 0 Å². The van der Waals surface area contributed by atoms with E-state index in [9.17, 15) is 0 Å². The quantitative estimate of drug-likeness (QED) is 0.547. The van der Waals surface area contributed by atoms with E-state index in [1.165, 1.54) is 0 Å². The molecule has 0 atom stereocenters. The van der Waals surface area contributed by atoms with Gasteiger partial charge < -0.3 is 10.5 Å². The zero-order valence-electron chi connectivity index (χ0n) is 5.84. The highest BCUT2D eigenvalue weighted by atomic mass is 16.5. The van der Waals surface area contributed by atoms with Gasteiger partial charge in [-0.15, -0.1) is 0 Å². The van der Waals surface area contributed by atoms with Crippen molar-refractivity contribution in [2.75, 3.05) is 33.4 Å². The summed E-state index contributed by atoms with van der Waals surface area (Å²) in [6.07, 6.45) is 0. The molecule has 0 radical (unpaired) electrons. The van der Waals surface area contributed by atoms with Crippen molar-refractivity contribution in [3.8, 4) is 0 Å². The summed E-state index contributed by atoms with van der Waals surface area (Å²) in [4.78, 5) is 2.24. The summed E-state index contributed by atoms with van der Waals surface area (Å²) >= 11 is 0. The number of nitrogens with zero attached hydrogens (tertiary/aromatic N) is 1. The van der Waals surface area contributed by atoms with Crippen LogP contribution in [0.2, 0.25) is 0 Å². The maximum absolute atomic E-state index is 5.36. The van der Waals surface area contributed by atoms with Gasteiger partial charge in [-0.2, -0.15) is 0 Å². The fourth-order valence-electron chi connectivity index (χ4n) is 0.864. The Morgan fingerprint density at radius 3 is 2.67 bits per heavy atom. The van der Waals surface area contributed by atoms with Crippen LogP contribution < -0.4 is 5.73 Å². The second-order valence-electron chi connectivity index (χ2n) is 2.46. The van der Waals surface area contributed by atoms with Gasteiger partial charge in [0, 0.05) is 13.1 Å². The third-order valence-electron chi connectivity index (χ3n) is 1.73. The van der Waals surface area contributed by atoms with Crippen molar-refractivity contribution >= 4 is 0 Å². The van der Waals surface area contributed by atoms with Gasteiger partial charge in [-0.1, -0.05) is 0 Å². The Morgan fingerprint density at radius 2 is 2.33 bits per heavy atom. The highest BCUT2D eigenvalue weighted by Crippen LogP contribution is 2.06. The summed E-state index contributed by atoms with van der Waals surface area (Å²) in [5.41, 5.74) is 5.36. The molecule has 0 spiro atoms. The lowest BCUT2D eigenvalue weighted by molar-refractivity contribution is -0.0549. The highest BCUT2D eigenvalue weighted by molar-refractivity contribution is 4.74. The van der Waals surface area contributed by atoms with Crippen molar-refractivity contribution < 1.29 is 4.74 Å². The molecule has 1 aliphatic heterocycles. The first-order valence-corrected chi connectivity index (χ1v) is 3.32. The highest BCUT2D eigenvalue weighted by Gasteiger charge is 2.21. The first-order chi connectivity index (χ1) is 4.34. The SMILES string of the molecule is CN(CCN)C1COC1. The molecular weight excluding hydrogens is 116 g/mol. The Morgan fingerprint density at radius 1 is 1.67 bits per heavy atom. The van der Waals surface area contributed by atoms with Gasteiger partial charge in [-0.3, -0.25) is 4.90 Å². The van der Waals surface area contributed by atoms with E-state index in [-0.39, 0.29) is 0 Å². The molecule has 0 saturated carbocycles. The minimum absolute atomic E-state index is 0.633. The standard InChI is InChI=1S/C6H14N2O/c1-8(3-2-7)6-4-9-5-6/h6H,2-5,7H2,1H3. The van der Waals surface area contributed by atoms with E-state index in [4.69, 9.17) is 10.5 Å². The molecule has 9 heavy (non-hydrogen) atoms. The lowest BCUT2D eigenvalue weighted by Crippen LogP contribution is -2.48. The average Bonchev–Trinajstić information content (AvgIpc) is 1.60. The molecule has 54 valence electrons. The molecule has 0 aromatic heterocycles. The topological polar surface area (TPSA) is 38.5 Å². The Bertz CT molecular complexity index is 83.1. The predicted octanol–water partition coefficient (Wildman–Crippen LogP) is -0.724. The molecule has 0 aromatic rings. The molecule has 0 amide bonds. The lowest BCUT2D eigenvalue weighted by atomic mass is 10.2. The average molecular weight is 130 g/mol. The van der Waals surface area contributed by atoms with Crippen molar-refractivity contribution in [1.29, 1.82) is 0 Å². The maximum Gasteiger partial charge on any atom is 0.0645 e. The van der Waals surface area contributed by atoms with Crippen molar-refractivity contribution in [1.82, 2.24) is 4.90 Å². The van der Waals surface area contributed by atoms with E-state index in [1.54, 1.807) is 0 Å². The fourth-order valence-corrected chi connectivity index (χ4v) is 0.864. The van der Waals surface area contributed by atoms with Gasteiger partial charge in [-0.05, 0) is 7.05 Å². The molecule has 0 aromatic carbocycles. The number of hydrogen-bond donors (Lipinski definition) is 1. The molecule has 1 fully saturated rings. The zero-order valence-corrected chi connectivity index (χ0v) is 5.84. The normalized spacial score (nSPS) is 20.3. The Kier molecular flexibility index (Phi) is 2.45. The minimum atomic E-state index is 0.633. The van der Waals surface area contributed by atoms with Crippen LogP contribution in [0, 0.1) is 0 Å². The largest absolute Gasteiger partial charge is 0.378 e. The number of nitrogens with two attached hydrogens (primary N) is 1. The van der Waals surface area contributed by atoms with E-state index >= 15 is 0 Å². The van der Waals surface area contributed by atoms with Gasteiger partial charge in [0.05, 0.1) is 19.3 Å². The van der Waals surface area contributed by atoms with Crippen LogP contribution in [0.15, 0.2) is 0 Å². The molecule has 1 rings (SSSR count). The van der Waals surface area contributed by atoms with Crippen LogP contribution in [0.1, 0.15) is 0 Å². The predicted molar refractivity (Wildman–Crippen MR) is 36.3 cm³/mol. The maximum atomic E-state index is 5.36. The molecule has 0 aliphatic carbocycles. The van der Waals surface area contributed by atoms with E-state index in [0.29, 0.717) is 6.04 Å². The smallest absolute Gasteiger partial charge is 0.0645 e. The summed E-state index contributed by atoms with van der Waals surface area (Å²) < 4.78 is 5.02. The third-order valence-corrected chi connectivity index (χ3v) is 1.73. The van der Waals surface area contributed by atoms with Crippen molar-refractivity contribution in [2.24, 2.45) is 5.73 Å². The lowest BCUT2D eigenvalue weighted by Gasteiger charge is -2.34. The van der Waals surface area contributed by atoms with Gasteiger partial charge >= 0.3 is 0 Å². The minimum Gasteiger partial charge on any atom is -0.378 e. The zero-order chi connectivity index (χ0) is 6.69. The van der Waals surface area contributed by atoms with Gasteiger partial charge in [0.15, 0.2) is 0 Å². The Balaban J connectivity index is 2.08. The van der Waals surface area contributed by atoms with Crippen LogP contribution in [-0.2, 0) is 4.74 Å². The van der Waals surface area contributed by atoms with E-state index in [0.717, 1.165) is 26.3 Å². The molecule has 3 nitrogen and oxygen atoms in total. The van der Waals surface area contributed by atoms with Crippen LogP contribution in [0.5, 0.6) is 0 Å². The van der Waals surface area contributed by atoms with E-state index < -0.39 is 0 Å². The third kappa shape index (κ3) is 1.64. The molecule has 1 saturated heterocycles. The van der Waals surface area contributed by atoms with Crippen LogP contribution >= 0.6 is 0 Å². The summed E-state index contributed by atoms with van der Waals surface area (Å²) in [6.45, 7) is 3.49. The molecule has 1 heterocycles. The van der Waals surface area contributed by atoms with Gasteiger partial charge in [0.25, 0.3) is 0 Å². The molecule has 0 bridgehead atoms. The summed E-state index contributed by atoms with van der Waals surface area (Å²) in [5.74, 6) is 0. The Hall–Kier alpha value is -0.120. The van der Waals surface area contributed by atoms with Crippen LogP contribution in [0.4, 0.5) is 0 Å². The molecular formula is C6H14N2O. The van der Waals surface area contributed by atoms with E-state index in [1.807, 2.05) is 0 Å². The van der Waals surface area contributed by atoms with Crippen LogP contribution in [0.25, 0.3) is 0 Å². The molecule has 3 heteroatoms. The second-order valence-corrected chi connectivity index (χ2v) is 2.46.